The fraction of sp³-hybridized carbons (Fsp3) is 0.450. The first-order valence-corrected chi connectivity index (χ1v) is 9.01. The molecule has 1 amide bonds. The fourth-order valence-corrected chi connectivity index (χ4v) is 3.60. The molecule has 2 saturated heterocycles. The summed E-state index contributed by atoms with van der Waals surface area (Å²) in [6.07, 6.45) is 5.26. The highest BCUT2D eigenvalue weighted by atomic mass is 16.5. The van der Waals surface area contributed by atoms with Crippen molar-refractivity contribution in [3.8, 4) is 0 Å². The highest BCUT2D eigenvalue weighted by Crippen LogP contribution is 2.36. The number of pyridine rings is 2. The first kappa shape index (κ1) is 17.1. The number of aryl methyl sites for hydroxylation is 1. The summed E-state index contributed by atoms with van der Waals surface area (Å²) in [4.78, 5) is 22.9. The lowest BCUT2D eigenvalue weighted by Gasteiger charge is -2.53. The van der Waals surface area contributed by atoms with Crippen molar-refractivity contribution in [2.75, 3.05) is 19.7 Å². The average molecular weight is 353 g/mol. The van der Waals surface area contributed by atoms with Gasteiger partial charge in [-0.15, -0.1) is 0 Å². The van der Waals surface area contributed by atoms with E-state index in [-0.39, 0.29) is 17.6 Å². The molecule has 2 aromatic heterocycles. The fourth-order valence-electron chi connectivity index (χ4n) is 3.60. The lowest BCUT2D eigenvalue weighted by Crippen LogP contribution is -2.67. The van der Waals surface area contributed by atoms with Gasteiger partial charge >= 0.3 is 0 Å². The summed E-state index contributed by atoms with van der Waals surface area (Å²) in [5.41, 5.74) is 2.21. The van der Waals surface area contributed by atoms with Crippen LogP contribution in [-0.4, -0.2) is 52.2 Å². The molecular formula is C20H23N3O3. The Hall–Kier alpha value is -2.31. The normalized spacial score (nSPS) is 21.4. The van der Waals surface area contributed by atoms with Crippen molar-refractivity contribution in [2.45, 2.75) is 38.1 Å². The summed E-state index contributed by atoms with van der Waals surface area (Å²) >= 11 is 0. The van der Waals surface area contributed by atoms with E-state index in [0.717, 1.165) is 24.2 Å². The molecule has 0 saturated carbocycles. The Labute approximate surface area is 153 Å². The molecule has 26 heavy (non-hydrogen) atoms. The van der Waals surface area contributed by atoms with E-state index in [1.54, 1.807) is 12.4 Å². The van der Waals surface area contributed by atoms with Crippen molar-refractivity contribution in [1.29, 1.82) is 0 Å². The van der Waals surface area contributed by atoms with Crippen LogP contribution in [0.1, 0.15) is 34.6 Å². The zero-order valence-corrected chi connectivity index (χ0v) is 14.9. The first-order chi connectivity index (χ1) is 12.6. The lowest BCUT2D eigenvalue weighted by molar-refractivity contribution is -0.188. The third-order valence-corrected chi connectivity index (χ3v) is 5.04. The topological polar surface area (TPSA) is 64.6 Å². The Kier molecular flexibility index (Phi) is 4.70. The molecular weight excluding hydrogens is 330 g/mol. The van der Waals surface area contributed by atoms with Crippen LogP contribution in [0.3, 0.4) is 0 Å². The molecule has 0 aliphatic carbocycles. The number of carbonyl (C=O) groups is 1. The van der Waals surface area contributed by atoms with Crippen molar-refractivity contribution in [2.24, 2.45) is 0 Å². The molecule has 2 aromatic rings. The van der Waals surface area contributed by atoms with Gasteiger partial charge in [-0.3, -0.25) is 14.8 Å². The van der Waals surface area contributed by atoms with E-state index in [2.05, 4.69) is 9.97 Å². The summed E-state index contributed by atoms with van der Waals surface area (Å²) in [5, 5.41) is 0. The van der Waals surface area contributed by atoms with Gasteiger partial charge in [0.15, 0.2) is 0 Å². The van der Waals surface area contributed by atoms with Gasteiger partial charge in [0.25, 0.3) is 5.91 Å². The molecule has 6 nitrogen and oxygen atoms in total. The molecule has 4 rings (SSSR count). The van der Waals surface area contributed by atoms with E-state index >= 15 is 0 Å². The first-order valence-electron chi connectivity index (χ1n) is 9.01. The van der Waals surface area contributed by atoms with E-state index in [4.69, 9.17) is 9.47 Å². The summed E-state index contributed by atoms with van der Waals surface area (Å²) < 4.78 is 12.1. The van der Waals surface area contributed by atoms with Gasteiger partial charge < -0.3 is 14.4 Å². The van der Waals surface area contributed by atoms with Gasteiger partial charge in [-0.1, -0.05) is 6.07 Å². The molecule has 1 spiro atoms. The van der Waals surface area contributed by atoms with Gasteiger partial charge in [-0.05, 0) is 37.6 Å². The number of amides is 1. The van der Waals surface area contributed by atoms with Crippen LogP contribution >= 0.6 is 0 Å². The van der Waals surface area contributed by atoms with E-state index in [0.29, 0.717) is 31.9 Å². The van der Waals surface area contributed by atoms with E-state index in [1.807, 2.05) is 42.2 Å². The third kappa shape index (κ3) is 3.61. The molecule has 1 atom stereocenters. The van der Waals surface area contributed by atoms with Crippen LogP contribution in [0.15, 0.2) is 42.7 Å². The monoisotopic (exact) mass is 353 g/mol. The zero-order valence-electron chi connectivity index (χ0n) is 14.9. The predicted molar refractivity (Wildman–Crippen MR) is 95.6 cm³/mol. The summed E-state index contributed by atoms with van der Waals surface area (Å²) in [6, 6.07) is 9.52. The number of likely N-dealkylation sites (tertiary alicyclic amines) is 1. The average Bonchev–Trinajstić information content (AvgIpc) is 2.65. The maximum atomic E-state index is 12.5. The molecule has 0 N–H and O–H groups in total. The summed E-state index contributed by atoms with van der Waals surface area (Å²) in [5.74, 6) is 0.0169. The second-order valence-electron chi connectivity index (χ2n) is 7.13. The van der Waals surface area contributed by atoms with Crippen LogP contribution in [0.5, 0.6) is 0 Å². The highest BCUT2D eigenvalue weighted by Gasteiger charge is 2.49. The second kappa shape index (κ2) is 7.13. The van der Waals surface area contributed by atoms with Gasteiger partial charge in [0, 0.05) is 31.1 Å². The van der Waals surface area contributed by atoms with Gasteiger partial charge in [-0.25, -0.2) is 0 Å². The Morgan fingerprint density at radius 1 is 1.31 bits per heavy atom. The van der Waals surface area contributed by atoms with Gasteiger partial charge in [-0.2, -0.15) is 0 Å². The van der Waals surface area contributed by atoms with E-state index in [9.17, 15) is 4.79 Å². The Morgan fingerprint density at radius 2 is 2.19 bits per heavy atom. The minimum Gasteiger partial charge on any atom is -0.372 e. The highest BCUT2D eigenvalue weighted by molar-refractivity contribution is 5.94. The smallest absolute Gasteiger partial charge is 0.255 e. The van der Waals surface area contributed by atoms with Crippen LogP contribution in [0.2, 0.25) is 0 Å². The predicted octanol–water partition coefficient (Wildman–Crippen LogP) is 2.38. The molecule has 0 aromatic carbocycles. The number of ether oxygens (including phenoxy) is 2. The molecule has 4 heterocycles. The maximum Gasteiger partial charge on any atom is 0.255 e. The van der Waals surface area contributed by atoms with E-state index in [1.165, 1.54) is 0 Å². The lowest BCUT2D eigenvalue weighted by atomic mass is 9.84. The SMILES string of the molecule is Cc1ccc(C(=O)N2CC3(CC(OCc4ccccn4)CCO3)C2)cn1. The molecule has 2 fully saturated rings. The quantitative estimate of drug-likeness (QED) is 0.844. The number of aromatic nitrogens is 2. The number of hydrogen-bond acceptors (Lipinski definition) is 5. The molecule has 136 valence electrons. The second-order valence-corrected chi connectivity index (χ2v) is 7.13. The standard InChI is InChI=1S/C20H23N3O3/c1-15-5-6-16(11-22-15)19(24)23-13-20(14-23)10-18(7-9-26-20)25-12-17-4-2-3-8-21-17/h2-6,8,11,18H,7,9-10,12-14H2,1H3. The van der Waals surface area contributed by atoms with Crippen molar-refractivity contribution in [1.82, 2.24) is 14.9 Å². The van der Waals surface area contributed by atoms with Crippen LogP contribution < -0.4 is 0 Å². The molecule has 0 radical (unpaired) electrons. The number of nitrogens with zero attached hydrogens (tertiary/aromatic N) is 3. The van der Waals surface area contributed by atoms with Crippen molar-refractivity contribution in [3.05, 3.63) is 59.7 Å². The molecule has 1 unspecified atom stereocenters. The van der Waals surface area contributed by atoms with Crippen LogP contribution in [0, 0.1) is 6.92 Å². The molecule has 6 heteroatoms. The van der Waals surface area contributed by atoms with Crippen LogP contribution in [0.25, 0.3) is 0 Å². The van der Waals surface area contributed by atoms with Gasteiger partial charge in [0.2, 0.25) is 0 Å². The van der Waals surface area contributed by atoms with Crippen LogP contribution in [0.4, 0.5) is 0 Å². The Bertz CT molecular complexity index is 758. The summed E-state index contributed by atoms with van der Waals surface area (Å²) in [6.45, 7) is 4.32. The molecule has 2 aliphatic heterocycles. The van der Waals surface area contributed by atoms with Gasteiger partial charge in [0.1, 0.15) is 5.60 Å². The third-order valence-electron chi connectivity index (χ3n) is 5.04. The summed E-state index contributed by atoms with van der Waals surface area (Å²) in [7, 11) is 0. The molecule has 2 aliphatic rings. The Balaban J connectivity index is 1.31. The largest absolute Gasteiger partial charge is 0.372 e. The Morgan fingerprint density at radius 3 is 2.92 bits per heavy atom. The number of hydrogen-bond donors (Lipinski definition) is 0. The minimum atomic E-state index is -0.263. The van der Waals surface area contributed by atoms with Crippen LogP contribution in [-0.2, 0) is 16.1 Å². The van der Waals surface area contributed by atoms with Gasteiger partial charge in [0.05, 0.1) is 37.1 Å². The van der Waals surface area contributed by atoms with Crippen molar-refractivity contribution >= 4 is 5.91 Å². The zero-order chi connectivity index (χ0) is 18.0. The van der Waals surface area contributed by atoms with E-state index < -0.39 is 0 Å². The number of rotatable bonds is 4. The molecule has 0 bridgehead atoms. The van der Waals surface area contributed by atoms with Crippen molar-refractivity contribution < 1.29 is 14.3 Å². The number of carbonyl (C=O) groups excluding carboxylic acids is 1. The minimum absolute atomic E-state index is 0.0169. The maximum absolute atomic E-state index is 12.5. The van der Waals surface area contributed by atoms with Crippen molar-refractivity contribution in [3.63, 3.8) is 0 Å².